The first-order chi connectivity index (χ1) is 12.3. The fourth-order valence-electron chi connectivity index (χ4n) is 3.42. The van der Waals surface area contributed by atoms with Crippen LogP contribution in [0.2, 0.25) is 0 Å². The summed E-state index contributed by atoms with van der Waals surface area (Å²) in [6.45, 7) is 5.97. The minimum Gasteiger partial charge on any atom is -0.345 e. The summed E-state index contributed by atoms with van der Waals surface area (Å²) in [4.78, 5) is 48.0. The van der Waals surface area contributed by atoms with Crippen LogP contribution < -0.4 is 10.5 Å². The van der Waals surface area contributed by atoms with Gasteiger partial charge in [-0.3, -0.25) is 19.4 Å². The second-order valence-corrected chi connectivity index (χ2v) is 7.23. The fourth-order valence-corrected chi connectivity index (χ4v) is 3.42. The maximum Gasteiger partial charge on any atom is 0.288 e. The molecule has 142 valence electrons. The Morgan fingerprint density at radius 3 is 2.42 bits per heavy atom. The van der Waals surface area contributed by atoms with E-state index in [2.05, 4.69) is 9.97 Å². The molecule has 1 N–H and O–H groups in total. The number of hydrogen-bond acceptors (Lipinski definition) is 5. The van der Waals surface area contributed by atoms with Crippen molar-refractivity contribution < 1.29 is 14.0 Å². The van der Waals surface area contributed by atoms with E-state index in [0.29, 0.717) is 38.7 Å². The molecule has 1 aromatic heterocycles. The second-order valence-electron chi connectivity index (χ2n) is 7.23. The normalized spacial score (nSPS) is 21.0. The van der Waals surface area contributed by atoms with Gasteiger partial charge in [0.05, 0.1) is 11.6 Å². The van der Waals surface area contributed by atoms with Crippen molar-refractivity contribution in [3.8, 4) is 0 Å². The van der Waals surface area contributed by atoms with E-state index in [1.165, 1.54) is 0 Å². The van der Waals surface area contributed by atoms with Gasteiger partial charge >= 0.3 is 0 Å². The summed E-state index contributed by atoms with van der Waals surface area (Å²) in [6, 6.07) is 0. The Hall–Kier alpha value is -2.45. The van der Waals surface area contributed by atoms with E-state index < -0.39 is 11.4 Å². The molecule has 0 saturated carbocycles. The molecule has 0 radical (unpaired) electrons. The lowest BCUT2D eigenvalue weighted by atomic mass is 10.1. The van der Waals surface area contributed by atoms with Crippen LogP contribution in [0.1, 0.15) is 31.9 Å². The van der Waals surface area contributed by atoms with Gasteiger partial charge in [-0.25, -0.2) is 4.98 Å². The van der Waals surface area contributed by atoms with Crippen LogP contribution in [0.15, 0.2) is 4.79 Å². The summed E-state index contributed by atoms with van der Waals surface area (Å²) < 4.78 is 13.9. The molecular weight excluding hydrogens is 341 g/mol. The standard InChI is InChI=1S/C17H24FN5O3/c1-10(2)14-13(18)15(25)20-17(19-14)23-6-4-22(5-7-23)16(26)11-8-12(24)21(3)9-11/h10-11H,4-9H2,1-3H3,(H,19,20,25). The van der Waals surface area contributed by atoms with Crippen molar-refractivity contribution in [2.45, 2.75) is 26.2 Å². The molecule has 2 aliphatic heterocycles. The molecule has 1 unspecified atom stereocenters. The number of nitrogens with one attached hydrogen (secondary N) is 1. The van der Waals surface area contributed by atoms with Gasteiger partial charge in [-0.15, -0.1) is 0 Å². The smallest absolute Gasteiger partial charge is 0.288 e. The molecule has 2 aliphatic rings. The number of likely N-dealkylation sites (tertiary alicyclic amines) is 1. The number of aromatic amines is 1. The van der Waals surface area contributed by atoms with Crippen molar-refractivity contribution >= 4 is 17.8 Å². The van der Waals surface area contributed by atoms with Gasteiger partial charge in [0.15, 0.2) is 0 Å². The van der Waals surface area contributed by atoms with E-state index in [-0.39, 0.29) is 35.8 Å². The van der Waals surface area contributed by atoms with Gasteiger partial charge < -0.3 is 14.7 Å². The van der Waals surface area contributed by atoms with Crippen molar-refractivity contribution in [3.63, 3.8) is 0 Å². The van der Waals surface area contributed by atoms with Crippen LogP contribution in [0.25, 0.3) is 0 Å². The number of anilines is 1. The van der Waals surface area contributed by atoms with Gasteiger partial charge in [-0.1, -0.05) is 13.8 Å². The van der Waals surface area contributed by atoms with Crippen LogP contribution in [-0.2, 0) is 9.59 Å². The summed E-state index contributed by atoms with van der Waals surface area (Å²) in [5.41, 5.74) is -0.625. The molecule has 9 heteroatoms. The molecule has 2 fully saturated rings. The number of hydrogen-bond donors (Lipinski definition) is 1. The SMILES string of the molecule is CC(C)c1nc(N2CCN(C(=O)C3CC(=O)N(C)C3)CC2)[nH]c(=O)c1F. The van der Waals surface area contributed by atoms with Crippen LogP contribution in [0.3, 0.4) is 0 Å². The molecule has 1 aromatic rings. The van der Waals surface area contributed by atoms with E-state index in [4.69, 9.17) is 0 Å². The van der Waals surface area contributed by atoms with Crippen LogP contribution in [0, 0.1) is 11.7 Å². The van der Waals surface area contributed by atoms with Crippen molar-refractivity contribution in [3.05, 3.63) is 21.9 Å². The monoisotopic (exact) mass is 365 g/mol. The number of nitrogens with zero attached hydrogens (tertiary/aromatic N) is 4. The Morgan fingerprint density at radius 1 is 1.23 bits per heavy atom. The van der Waals surface area contributed by atoms with E-state index in [0.717, 1.165) is 0 Å². The molecule has 3 heterocycles. The lowest BCUT2D eigenvalue weighted by Crippen LogP contribution is -2.51. The van der Waals surface area contributed by atoms with Gasteiger partial charge in [-0.2, -0.15) is 4.39 Å². The van der Waals surface area contributed by atoms with Crippen LogP contribution in [0.5, 0.6) is 0 Å². The predicted molar refractivity (Wildman–Crippen MR) is 93.4 cm³/mol. The zero-order chi connectivity index (χ0) is 19.0. The number of carbonyl (C=O) groups excluding carboxylic acids is 2. The molecule has 0 aliphatic carbocycles. The Morgan fingerprint density at radius 2 is 1.88 bits per heavy atom. The summed E-state index contributed by atoms with van der Waals surface area (Å²) in [6.07, 6.45) is 0.264. The summed E-state index contributed by atoms with van der Waals surface area (Å²) in [5, 5.41) is 0. The van der Waals surface area contributed by atoms with Crippen molar-refractivity contribution in [2.75, 3.05) is 44.7 Å². The minimum absolute atomic E-state index is 0.00344. The van der Waals surface area contributed by atoms with E-state index in [9.17, 15) is 18.8 Å². The third kappa shape index (κ3) is 3.42. The molecular formula is C17H24FN5O3. The number of H-pyrrole nitrogens is 1. The number of amides is 2. The highest BCUT2D eigenvalue weighted by atomic mass is 19.1. The van der Waals surface area contributed by atoms with Crippen LogP contribution in [-0.4, -0.2) is 71.4 Å². The Balaban J connectivity index is 1.66. The Labute approximate surface area is 151 Å². The summed E-state index contributed by atoms with van der Waals surface area (Å²) >= 11 is 0. The first-order valence-corrected chi connectivity index (χ1v) is 8.85. The molecule has 0 bridgehead atoms. The summed E-state index contributed by atoms with van der Waals surface area (Å²) in [7, 11) is 1.70. The third-order valence-corrected chi connectivity index (χ3v) is 5.00. The number of carbonyl (C=O) groups is 2. The first kappa shape index (κ1) is 18.3. The van der Waals surface area contributed by atoms with Gasteiger partial charge in [0.1, 0.15) is 0 Å². The molecule has 0 aromatic carbocycles. The molecule has 26 heavy (non-hydrogen) atoms. The average molecular weight is 365 g/mol. The largest absolute Gasteiger partial charge is 0.345 e. The van der Waals surface area contributed by atoms with Crippen molar-refractivity contribution in [2.24, 2.45) is 5.92 Å². The maximum atomic E-state index is 13.9. The van der Waals surface area contributed by atoms with Gasteiger partial charge in [0.25, 0.3) is 5.56 Å². The predicted octanol–water partition coefficient (Wildman–Crippen LogP) is 0.159. The van der Waals surface area contributed by atoms with Crippen molar-refractivity contribution in [1.82, 2.24) is 19.8 Å². The van der Waals surface area contributed by atoms with Gasteiger partial charge in [0.2, 0.25) is 23.6 Å². The van der Waals surface area contributed by atoms with Crippen molar-refractivity contribution in [1.29, 1.82) is 0 Å². The first-order valence-electron chi connectivity index (χ1n) is 8.85. The molecule has 0 spiro atoms. The van der Waals surface area contributed by atoms with Crippen LogP contribution >= 0.6 is 0 Å². The highest BCUT2D eigenvalue weighted by Crippen LogP contribution is 2.21. The lowest BCUT2D eigenvalue weighted by Gasteiger charge is -2.36. The average Bonchev–Trinajstić information content (AvgIpc) is 2.95. The zero-order valence-electron chi connectivity index (χ0n) is 15.3. The summed E-state index contributed by atoms with van der Waals surface area (Å²) in [5.74, 6) is -0.996. The molecule has 2 saturated heterocycles. The number of piperazine rings is 1. The van der Waals surface area contributed by atoms with Gasteiger partial charge in [-0.05, 0) is 5.92 Å². The van der Waals surface area contributed by atoms with Crippen LogP contribution in [0.4, 0.5) is 10.3 Å². The zero-order valence-corrected chi connectivity index (χ0v) is 15.3. The number of aromatic nitrogens is 2. The highest BCUT2D eigenvalue weighted by Gasteiger charge is 2.35. The number of rotatable bonds is 3. The highest BCUT2D eigenvalue weighted by molar-refractivity contribution is 5.89. The van der Waals surface area contributed by atoms with E-state index in [1.807, 2.05) is 4.90 Å². The van der Waals surface area contributed by atoms with E-state index >= 15 is 0 Å². The second kappa shape index (κ2) is 7.05. The lowest BCUT2D eigenvalue weighted by molar-refractivity contribution is -0.136. The fraction of sp³-hybridized carbons (Fsp3) is 0.647. The molecule has 1 atom stereocenters. The molecule has 8 nitrogen and oxygen atoms in total. The minimum atomic E-state index is -0.840. The van der Waals surface area contributed by atoms with E-state index in [1.54, 1.807) is 30.7 Å². The quantitative estimate of drug-likeness (QED) is 0.824. The Kier molecular flexibility index (Phi) is 4.97. The third-order valence-electron chi connectivity index (χ3n) is 5.00. The maximum absolute atomic E-state index is 13.9. The number of halogens is 1. The van der Waals surface area contributed by atoms with Gasteiger partial charge in [0, 0.05) is 46.2 Å². The molecule has 2 amide bonds. The topological polar surface area (TPSA) is 89.6 Å². The molecule has 3 rings (SSSR count). The Bertz CT molecular complexity index is 770.